The fourth-order valence-electron chi connectivity index (χ4n) is 7.54. The summed E-state index contributed by atoms with van der Waals surface area (Å²) in [6.45, 7) is 12.1. The van der Waals surface area contributed by atoms with Crippen molar-refractivity contribution in [2.45, 2.75) is 108 Å². The van der Waals surface area contributed by atoms with Crippen LogP contribution >= 0.6 is 0 Å². The summed E-state index contributed by atoms with van der Waals surface area (Å²) < 4.78 is 24.1. The van der Waals surface area contributed by atoms with Crippen LogP contribution in [-0.4, -0.2) is 93.5 Å². The highest BCUT2D eigenvalue weighted by molar-refractivity contribution is 6.03. The number of ketones is 1. The smallest absolute Gasteiger partial charge is 0.190 e. The number of methoxy groups -OCH3 is 1. The molecule has 1 aliphatic heterocycles. The molecule has 200 valence electrons. The van der Waals surface area contributed by atoms with Gasteiger partial charge in [-0.15, -0.1) is 0 Å². The SMILES string of the molecule is COCO[C@@H]1C[C@]2(C)[C@@H](OC(C)(C)C)C[C@H](O)[C@@](O)(CO)[C@@H]2[C@H]2O[C@]23C(=O)C=C(C)[C@@]1(O)C3(C)C. The Morgan fingerprint density at radius 3 is 2.34 bits per heavy atom. The van der Waals surface area contributed by atoms with Crippen LogP contribution in [0.4, 0.5) is 0 Å². The van der Waals surface area contributed by atoms with E-state index in [-0.39, 0.29) is 25.4 Å². The zero-order valence-electron chi connectivity index (χ0n) is 22.1. The quantitative estimate of drug-likeness (QED) is 0.324. The van der Waals surface area contributed by atoms with Crippen LogP contribution in [0.1, 0.15) is 61.3 Å². The van der Waals surface area contributed by atoms with Crippen LogP contribution in [0.5, 0.6) is 0 Å². The molecule has 2 saturated carbocycles. The molecule has 0 amide bonds. The predicted molar refractivity (Wildman–Crippen MR) is 125 cm³/mol. The Bertz CT molecular complexity index is 909. The van der Waals surface area contributed by atoms with Gasteiger partial charge in [0.2, 0.25) is 0 Å². The first kappa shape index (κ1) is 27.1. The van der Waals surface area contributed by atoms with Crippen LogP contribution in [-0.2, 0) is 23.7 Å². The Kier molecular flexibility index (Phi) is 6.24. The number of carbonyl (C=O) groups is 1. The van der Waals surface area contributed by atoms with Gasteiger partial charge in [-0.3, -0.25) is 4.79 Å². The zero-order chi connectivity index (χ0) is 26.4. The maximum Gasteiger partial charge on any atom is 0.190 e. The van der Waals surface area contributed by atoms with Crippen molar-refractivity contribution in [3.63, 3.8) is 0 Å². The second-order valence-corrected chi connectivity index (χ2v) is 12.7. The van der Waals surface area contributed by atoms with Crippen LogP contribution in [0.15, 0.2) is 11.6 Å². The number of epoxide rings is 1. The largest absolute Gasteiger partial charge is 0.393 e. The number of hydrogen-bond donors (Lipinski definition) is 4. The molecule has 1 saturated heterocycles. The number of rotatable bonds is 5. The third kappa shape index (κ3) is 3.39. The first-order valence-electron chi connectivity index (χ1n) is 12.4. The molecule has 9 nitrogen and oxygen atoms in total. The number of ether oxygens (including phenoxy) is 4. The van der Waals surface area contributed by atoms with E-state index in [1.165, 1.54) is 13.2 Å². The Hall–Kier alpha value is -0.910. The van der Waals surface area contributed by atoms with Crippen molar-refractivity contribution < 1.29 is 44.2 Å². The lowest BCUT2D eigenvalue weighted by Gasteiger charge is -2.62. The molecule has 1 spiro atoms. The van der Waals surface area contributed by atoms with Crippen molar-refractivity contribution in [1.29, 1.82) is 0 Å². The Morgan fingerprint density at radius 2 is 1.80 bits per heavy atom. The Morgan fingerprint density at radius 1 is 1.17 bits per heavy atom. The van der Waals surface area contributed by atoms with E-state index in [9.17, 15) is 25.2 Å². The van der Waals surface area contributed by atoms with E-state index in [2.05, 4.69) is 0 Å². The Balaban J connectivity index is 1.98. The van der Waals surface area contributed by atoms with Crippen molar-refractivity contribution in [2.24, 2.45) is 16.7 Å². The third-order valence-electron chi connectivity index (χ3n) is 9.38. The first-order valence-corrected chi connectivity index (χ1v) is 12.4. The van der Waals surface area contributed by atoms with Crippen molar-refractivity contribution in [2.75, 3.05) is 20.5 Å². The van der Waals surface area contributed by atoms with Crippen LogP contribution in [0.3, 0.4) is 0 Å². The zero-order valence-corrected chi connectivity index (χ0v) is 22.1. The van der Waals surface area contributed by atoms with Gasteiger partial charge in [-0.05, 0) is 45.8 Å². The minimum atomic E-state index is -1.95. The topological polar surface area (TPSA) is 138 Å². The fraction of sp³-hybridized carbons (Fsp3) is 0.885. The lowest BCUT2D eigenvalue weighted by atomic mass is 9.46. The summed E-state index contributed by atoms with van der Waals surface area (Å²) in [6, 6.07) is 0. The normalized spacial score (nSPS) is 48.9. The summed E-state index contributed by atoms with van der Waals surface area (Å²) in [5.74, 6) is -1.19. The molecule has 4 aliphatic rings. The summed E-state index contributed by atoms with van der Waals surface area (Å²) >= 11 is 0. The fourth-order valence-corrected chi connectivity index (χ4v) is 7.54. The molecule has 0 aromatic heterocycles. The molecule has 9 heteroatoms. The summed E-state index contributed by atoms with van der Waals surface area (Å²) in [5.41, 5.74) is -7.24. The van der Waals surface area contributed by atoms with Crippen LogP contribution < -0.4 is 0 Å². The monoisotopic (exact) mass is 498 g/mol. The summed E-state index contributed by atoms with van der Waals surface area (Å²) in [5, 5.41) is 45.7. The second kappa shape index (κ2) is 8.04. The van der Waals surface area contributed by atoms with Gasteiger partial charge in [-0.2, -0.15) is 0 Å². The predicted octanol–water partition coefficient (Wildman–Crippen LogP) is 1.10. The van der Waals surface area contributed by atoms with Crippen LogP contribution in [0.2, 0.25) is 0 Å². The molecule has 4 rings (SSSR count). The molecule has 1 heterocycles. The molecule has 0 unspecified atom stereocenters. The maximum atomic E-state index is 13.6. The lowest BCUT2D eigenvalue weighted by Crippen LogP contribution is -2.74. The molecule has 0 radical (unpaired) electrons. The molecule has 4 N–H and O–H groups in total. The van der Waals surface area contributed by atoms with Crippen LogP contribution in [0, 0.1) is 16.7 Å². The minimum Gasteiger partial charge on any atom is -0.393 e. The van der Waals surface area contributed by atoms with Gasteiger partial charge < -0.3 is 39.4 Å². The van der Waals surface area contributed by atoms with Gasteiger partial charge >= 0.3 is 0 Å². The standard InChI is InChI=1S/C26H42O9/c1-14-9-16(29)26-20(35-26)19-23(7,11-18(33-13-32-8)25(14,31)22(26,5)6)17(34-21(2,3)4)10-15(28)24(19,30)12-27/h9,15,17-20,27-28,30-31H,10-13H2,1-8H3/t15-,17-,18+,19+,20+,23+,24-,25-,26+/m0/s1. The average molecular weight is 499 g/mol. The van der Waals surface area contributed by atoms with Gasteiger partial charge in [-0.25, -0.2) is 0 Å². The number of aliphatic hydroxyl groups excluding tert-OH is 2. The lowest BCUT2D eigenvalue weighted by molar-refractivity contribution is -0.279. The molecular formula is C26H42O9. The number of hydrogen-bond acceptors (Lipinski definition) is 9. The Labute approximate surface area is 207 Å². The average Bonchev–Trinajstić information content (AvgIpc) is 3.48. The van der Waals surface area contributed by atoms with Crippen molar-refractivity contribution in [1.82, 2.24) is 0 Å². The summed E-state index contributed by atoms with van der Waals surface area (Å²) in [6.07, 6.45) is -1.95. The summed E-state index contributed by atoms with van der Waals surface area (Å²) in [4.78, 5) is 13.6. The highest BCUT2D eigenvalue weighted by Gasteiger charge is 2.84. The van der Waals surface area contributed by atoms with Gasteiger partial charge in [0.1, 0.15) is 24.1 Å². The van der Waals surface area contributed by atoms with Crippen molar-refractivity contribution in [3.8, 4) is 0 Å². The molecular weight excluding hydrogens is 456 g/mol. The minimum absolute atomic E-state index is 0.0582. The van der Waals surface area contributed by atoms with E-state index in [4.69, 9.17) is 18.9 Å². The first-order chi connectivity index (χ1) is 16.0. The molecule has 3 fully saturated rings. The van der Waals surface area contributed by atoms with E-state index in [0.717, 1.165) is 0 Å². The molecule has 35 heavy (non-hydrogen) atoms. The third-order valence-corrected chi connectivity index (χ3v) is 9.38. The van der Waals surface area contributed by atoms with E-state index in [1.54, 1.807) is 20.8 Å². The van der Waals surface area contributed by atoms with Gasteiger partial charge in [-0.1, -0.05) is 20.8 Å². The van der Waals surface area contributed by atoms with Gasteiger partial charge in [0.25, 0.3) is 0 Å². The maximum absolute atomic E-state index is 13.6. The molecule has 0 aromatic carbocycles. The van der Waals surface area contributed by atoms with Crippen molar-refractivity contribution >= 4 is 5.78 Å². The highest BCUT2D eigenvalue weighted by atomic mass is 16.7. The van der Waals surface area contributed by atoms with E-state index in [0.29, 0.717) is 5.57 Å². The highest BCUT2D eigenvalue weighted by Crippen LogP contribution is 2.70. The second-order valence-electron chi connectivity index (χ2n) is 12.7. The van der Waals surface area contributed by atoms with Crippen LogP contribution in [0.25, 0.3) is 0 Å². The molecule has 2 bridgehead atoms. The summed E-state index contributed by atoms with van der Waals surface area (Å²) in [7, 11) is 1.49. The number of carbonyl (C=O) groups excluding carboxylic acids is 1. The number of fused-ring (bicyclic) bond motifs is 3. The van der Waals surface area contributed by atoms with E-state index >= 15 is 0 Å². The van der Waals surface area contributed by atoms with E-state index in [1.807, 2.05) is 27.7 Å². The molecule has 9 atom stereocenters. The molecule has 3 aliphatic carbocycles. The van der Waals surface area contributed by atoms with Gasteiger partial charge in [0.05, 0.1) is 30.5 Å². The molecule has 0 aromatic rings. The number of aliphatic hydroxyl groups is 4. The van der Waals surface area contributed by atoms with Gasteiger partial charge in [0.15, 0.2) is 11.4 Å². The van der Waals surface area contributed by atoms with Gasteiger partial charge in [0, 0.05) is 30.3 Å². The van der Waals surface area contributed by atoms with Crippen molar-refractivity contribution in [3.05, 3.63) is 11.6 Å². The van der Waals surface area contributed by atoms with E-state index < -0.39 is 70.2 Å².